The molecule has 5 nitrogen and oxygen atoms in total. The molecule has 1 aromatic heterocycles. The Labute approximate surface area is 112 Å². The van der Waals surface area contributed by atoms with Crippen molar-refractivity contribution in [2.24, 2.45) is 5.73 Å². The molecular weight excluding hydrogens is 240 g/mol. The highest BCUT2D eigenvalue weighted by molar-refractivity contribution is 5.69. The second kappa shape index (κ2) is 5.34. The fourth-order valence-corrected chi connectivity index (χ4v) is 2.23. The molecule has 1 aromatic carbocycles. The maximum atomic E-state index is 5.96. The highest BCUT2D eigenvalue weighted by atomic mass is 16.5. The van der Waals surface area contributed by atoms with E-state index >= 15 is 0 Å². The van der Waals surface area contributed by atoms with E-state index in [2.05, 4.69) is 16.0 Å². The summed E-state index contributed by atoms with van der Waals surface area (Å²) >= 11 is 0. The van der Waals surface area contributed by atoms with Gasteiger partial charge in [0.1, 0.15) is 18.2 Å². The third-order valence-electron chi connectivity index (χ3n) is 3.14. The van der Waals surface area contributed by atoms with Gasteiger partial charge in [0.2, 0.25) is 0 Å². The Morgan fingerprint density at radius 1 is 1.26 bits per heavy atom. The summed E-state index contributed by atoms with van der Waals surface area (Å²) in [5.41, 5.74) is 9.24. The standard InChI is InChI=1S/C14H15N3O.H3N/c1-9-16-6-10(7-17-9)12-3-2-4-14-13(12)5-11(15)8-18-14;/h2-4,6-7,11H,5,8,15H2,1H3;1H3/t11-;/m0./s1. The zero-order valence-electron chi connectivity index (χ0n) is 11.0. The highest BCUT2D eigenvalue weighted by Gasteiger charge is 2.20. The summed E-state index contributed by atoms with van der Waals surface area (Å²) < 4.78 is 5.66. The zero-order valence-corrected chi connectivity index (χ0v) is 11.0. The Bertz CT molecular complexity index is 568. The lowest BCUT2D eigenvalue weighted by Gasteiger charge is -2.24. The third kappa shape index (κ3) is 2.57. The molecule has 5 heteroatoms. The lowest BCUT2D eigenvalue weighted by atomic mass is 9.94. The van der Waals surface area contributed by atoms with Crippen molar-refractivity contribution < 1.29 is 4.74 Å². The van der Waals surface area contributed by atoms with Crippen molar-refractivity contribution in [2.45, 2.75) is 19.4 Å². The Hall–Kier alpha value is -1.98. The molecule has 0 saturated heterocycles. The molecule has 0 amide bonds. The van der Waals surface area contributed by atoms with Crippen molar-refractivity contribution in [3.63, 3.8) is 0 Å². The normalized spacial score (nSPS) is 17.1. The van der Waals surface area contributed by atoms with Crippen LogP contribution in [0.1, 0.15) is 11.4 Å². The number of nitrogens with two attached hydrogens (primary N) is 1. The maximum absolute atomic E-state index is 5.96. The van der Waals surface area contributed by atoms with Crippen molar-refractivity contribution in [2.75, 3.05) is 6.61 Å². The number of aromatic nitrogens is 2. The molecule has 0 fully saturated rings. The lowest BCUT2D eigenvalue weighted by Crippen LogP contribution is -2.34. The van der Waals surface area contributed by atoms with Crippen molar-refractivity contribution in [3.05, 3.63) is 42.0 Å². The summed E-state index contributed by atoms with van der Waals surface area (Å²) in [4.78, 5) is 8.48. The minimum absolute atomic E-state index is 0. The number of ether oxygens (including phenoxy) is 1. The van der Waals surface area contributed by atoms with E-state index in [0.29, 0.717) is 6.61 Å². The molecule has 2 heterocycles. The van der Waals surface area contributed by atoms with E-state index in [1.54, 1.807) is 0 Å². The van der Waals surface area contributed by atoms with Crippen LogP contribution in [0.5, 0.6) is 5.75 Å². The number of aryl methyl sites for hydroxylation is 1. The summed E-state index contributed by atoms with van der Waals surface area (Å²) in [6, 6.07) is 6.10. The van der Waals surface area contributed by atoms with E-state index in [9.17, 15) is 0 Å². The first-order valence-electron chi connectivity index (χ1n) is 6.03. The van der Waals surface area contributed by atoms with Gasteiger partial charge in [-0.05, 0) is 25.0 Å². The number of benzene rings is 1. The number of hydrogen-bond donors (Lipinski definition) is 2. The van der Waals surface area contributed by atoms with Crippen molar-refractivity contribution >= 4 is 0 Å². The van der Waals surface area contributed by atoms with Gasteiger partial charge in [-0.1, -0.05) is 12.1 Å². The average molecular weight is 258 g/mol. The summed E-state index contributed by atoms with van der Waals surface area (Å²) in [5.74, 6) is 1.70. The predicted molar refractivity (Wildman–Crippen MR) is 74.4 cm³/mol. The van der Waals surface area contributed by atoms with Gasteiger partial charge in [-0.2, -0.15) is 0 Å². The minimum atomic E-state index is 0. The largest absolute Gasteiger partial charge is 0.492 e. The van der Waals surface area contributed by atoms with Crippen LogP contribution in [0.25, 0.3) is 11.1 Å². The van der Waals surface area contributed by atoms with Crippen LogP contribution in [0.2, 0.25) is 0 Å². The Kier molecular flexibility index (Phi) is 3.78. The molecule has 0 spiro atoms. The molecule has 2 aromatic rings. The molecule has 1 aliphatic rings. The second-order valence-corrected chi connectivity index (χ2v) is 4.58. The molecule has 0 unspecified atom stereocenters. The Morgan fingerprint density at radius 2 is 2.00 bits per heavy atom. The van der Waals surface area contributed by atoms with Gasteiger partial charge in [0.15, 0.2) is 0 Å². The first kappa shape index (κ1) is 13.5. The molecule has 0 bridgehead atoms. The first-order chi connectivity index (χ1) is 8.74. The monoisotopic (exact) mass is 258 g/mol. The summed E-state index contributed by atoms with van der Waals surface area (Å²) in [5, 5.41) is 0. The van der Waals surface area contributed by atoms with Crippen LogP contribution in [0.4, 0.5) is 0 Å². The smallest absolute Gasteiger partial charge is 0.125 e. The molecule has 0 radical (unpaired) electrons. The van der Waals surface area contributed by atoms with E-state index in [1.807, 2.05) is 31.5 Å². The van der Waals surface area contributed by atoms with Gasteiger partial charge in [0, 0.05) is 29.6 Å². The maximum Gasteiger partial charge on any atom is 0.125 e. The van der Waals surface area contributed by atoms with Crippen molar-refractivity contribution in [1.82, 2.24) is 16.1 Å². The van der Waals surface area contributed by atoms with Gasteiger partial charge in [-0.25, -0.2) is 9.97 Å². The van der Waals surface area contributed by atoms with Gasteiger partial charge in [0.05, 0.1) is 0 Å². The van der Waals surface area contributed by atoms with Crippen molar-refractivity contribution in [3.8, 4) is 16.9 Å². The quantitative estimate of drug-likeness (QED) is 0.814. The summed E-state index contributed by atoms with van der Waals surface area (Å²) in [6.07, 6.45) is 4.52. The van der Waals surface area contributed by atoms with Crippen LogP contribution in [-0.4, -0.2) is 22.6 Å². The molecule has 0 saturated carbocycles. The molecular formula is C14H18N4O. The molecule has 1 atom stereocenters. The van der Waals surface area contributed by atoms with Crippen LogP contribution in [-0.2, 0) is 6.42 Å². The van der Waals surface area contributed by atoms with E-state index < -0.39 is 0 Å². The fourth-order valence-electron chi connectivity index (χ4n) is 2.23. The molecule has 1 aliphatic heterocycles. The topological polar surface area (TPSA) is 96.0 Å². The van der Waals surface area contributed by atoms with Gasteiger partial charge >= 0.3 is 0 Å². The van der Waals surface area contributed by atoms with E-state index in [1.165, 1.54) is 0 Å². The van der Waals surface area contributed by atoms with Crippen molar-refractivity contribution in [1.29, 1.82) is 0 Å². The van der Waals surface area contributed by atoms with E-state index in [-0.39, 0.29) is 12.2 Å². The van der Waals surface area contributed by atoms with Gasteiger partial charge in [-0.15, -0.1) is 0 Å². The average Bonchev–Trinajstić information content (AvgIpc) is 2.39. The molecule has 0 aliphatic carbocycles. The lowest BCUT2D eigenvalue weighted by molar-refractivity contribution is 0.264. The molecule has 3 rings (SSSR count). The van der Waals surface area contributed by atoms with Gasteiger partial charge in [0.25, 0.3) is 0 Å². The number of nitrogens with zero attached hydrogens (tertiary/aromatic N) is 2. The summed E-state index contributed by atoms with van der Waals surface area (Å²) in [7, 11) is 0. The Morgan fingerprint density at radius 3 is 2.74 bits per heavy atom. The van der Waals surface area contributed by atoms with Crippen LogP contribution < -0.4 is 16.6 Å². The minimum Gasteiger partial charge on any atom is -0.492 e. The second-order valence-electron chi connectivity index (χ2n) is 4.58. The molecule has 100 valence electrons. The van der Waals surface area contributed by atoms with Crippen LogP contribution in [0.3, 0.4) is 0 Å². The first-order valence-corrected chi connectivity index (χ1v) is 6.03. The summed E-state index contributed by atoms with van der Waals surface area (Å²) in [6.45, 7) is 2.46. The van der Waals surface area contributed by atoms with Crippen LogP contribution >= 0.6 is 0 Å². The molecule has 19 heavy (non-hydrogen) atoms. The van der Waals surface area contributed by atoms with E-state index in [0.717, 1.165) is 34.7 Å². The Balaban J connectivity index is 0.00000133. The van der Waals surface area contributed by atoms with Gasteiger partial charge < -0.3 is 16.6 Å². The van der Waals surface area contributed by atoms with E-state index in [4.69, 9.17) is 10.5 Å². The molecule has 5 N–H and O–H groups in total. The fraction of sp³-hybridized carbons (Fsp3) is 0.286. The zero-order chi connectivity index (χ0) is 12.5. The van der Waals surface area contributed by atoms with Crippen LogP contribution in [0, 0.1) is 6.92 Å². The number of rotatable bonds is 1. The number of hydrogen-bond acceptors (Lipinski definition) is 5. The highest BCUT2D eigenvalue weighted by Crippen LogP contribution is 2.33. The third-order valence-corrected chi connectivity index (χ3v) is 3.14. The number of fused-ring (bicyclic) bond motifs is 1. The van der Waals surface area contributed by atoms with Crippen LogP contribution in [0.15, 0.2) is 30.6 Å². The predicted octanol–water partition coefficient (Wildman–Crippen LogP) is 1.88. The SMILES string of the molecule is Cc1ncc(-c2cccc3c2C[C@H](N)CO3)cn1.N. The van der Waals surface area contributed by atoms with Gasteiger partial charge in [-0.3, -0.25) is 0 Å².